The quantitative estimate of drug-likeness (QED) is 0.721. The van der Waals surface area contributed by atoms with Gasteiger partial charge in [0.05, 0.1) is 0 Å². The molecule has 1 amide bonds. The second kappa shape index (κ2) is 8.38. The van der Waals surface area contributed by atoms with Crippen LogP contribution in [0.4, 0.5) is 5.69 Å². The van der Waals surface area contributed by atoms with E-state index in [2.05, 4.69) is 10.3 Å². The van der Waals surface area contributed by atoms with E-state index in [0.29, 0.717) is 29.2 Å². The zero-order valence-electron chi connectivity index (χ0n) is 15.6. The fourth-order valence-electron chi connectivity index (χ4n) is 2.98. The van der Waals surface area contributed by atoms with Gasteiger partial charge in [-0.05, 0) is 50.1 Å². The van der Waals surface area contributed by atoms with E-state index in [1.54, 1.807) is 6.07 Å². The molecule has 6 nitrogen and oxygen atoms in total. The van der Waals surface area contributed by atoms with Gasteiger partial charge in [0.25, 0.3) is 11.5 Å². The van der Waals surface area contributed by atoms with Crippen molar-refractivity contribution < 1.29 is 4.79 Å². The number of aromatic amines is 1. The molecule has 0 aliphatic heterocycles. The summed E-state index contributed by atoms with van der Waals surface area (Å²) in [5, 5.41) is 3.30. The number of H-pyrrole nitrogens is 1. The highest BCUT2D eigenvalue weighted by molar-refractivity contribution is 6.31. The van der Waals surface area contributed by atoms with Gasteiger partial charge >= 0.3 is 0 Å². The van der Waals surface area contributed by atoms with Crippen molar-refractivity contribution in [3.05, 3.63) is 61.5 Å². The maximum Gasteiger partial charge on any atom is 0.253 e. The minimum absolute atomic E-state index is 0.153. The molecule has 1 heterocycles. The maximum atomic E-state index is 12.7. The number of anilines is 1. The van der Waals surface area contributed by atoms with Gasteiger partial charge in [0.15, 0.2) is 0 Å². The molecule has 0 unspecified atom stereocenters. The lowest BCUT2D eigenvalue weighted by atomic mass is 10.0. The number of hydrogen-bond acceptors (Lipinski definition) is 4. The molecule has 0 saturated heterocycles. The molecule has 2 rings (SSSR count). The van der Waals surface area contributed by atoms with Gasteiger partial charge in [0.1, 0.15) is 0 Å². The number of benzene rings is 1. The Morgan fingerprint density at radius 2 is 1.96 bits per heavy atom. The topological polar surface area (TPSA) is 91.2 Å². The van der Waals surface area contributed by atoms with Crippen molar-refractivity contribution in [3.8, 4) is 0 Å². The Morgan fingerprint density at radius 3 is 2.58 bits per heavy atom. The average Bonchev–Trinajstić information content (AvgIpc) is 2.55. The Bertz CT molecular complexity index is 877. The lowest BCUT2D eigenvalue weighted by Crippen LogP contribution is -2.29. The van der Waals surface area contributed by atoms with Gasteiger partial charge in [-0.2, -0.15) is 0 Å². The van der Waals surface area contributed by atoms with Crippen molar-refractivity contribution in [1.29, 1.82) is 0 Å². The number of carbonyl (C=O) groups is 1. The summed E-state index contributed by atoms with van der Waals surface area (Å²) in [7, 11) is 1.91. The number of aromatic nitrogens is 1. The van der Waals surface area contributed by atoms with Crippen molar-refractivity contribution in [3.63, 3.8) is 0 Å². The molecule has 0 spiro atoms. The maximum absolute atomic E-state index is 12.7. The molecule has 0 radical (unpaired) electrons. The van der Waals surface area contributed by atoms with Crippen LogP contribution >= 0.6 is 11.6 Å². The normalized spacial score (nSPS) is 10.7. The molecule has 26 heavy (non-hydrogen) atoms. The van der Waals surface area contributed by atoms with Gasteiger partial charge in [-0.25, -0.2) is 0 Å². The molecule has 0 fully saturated rings. The lowest BCUT2D eigenvalue weighted by Gasteiger charge is -2.22. The van der Waals surface area contributed by atoms with Crippen LogP contribution in [0, 0.1) is 20.8 Å². The lowest BCUT2D eigenvalue weighted by molar-refractivity contribution is 0.0950. The minimum Gasteiger partial charge on any atom is -0.373 e. The van der Waals surface area contributed by atoms with E-state index in [0.717, 1.165) is 22.5 Å². The molecule has 0 aliphatic carbocycles. The number of halogens is 1. The number of nitrogens with two attached hydrogens (primary N) is 1. The van der Waals surface area contributed by atoms with Crippen molar-refractivity contribution in [2.24, 2.45) is 5.73 Å². The van der Waals surface area contributed by atoms with Crippen LogP contribution in [0.2, 0.25) is 5.02 Å². The van der Waals surface area contributed by atoms with Crippen LogP contribution in [-0.2, 0) is 6.54 Å². The second-order valence-electron chi connectivity index (χ2n) is 6.43. The van der Waals surface area contributed by atoms with E-state index in [-0.39, 0.29) is 18.0 Å². The average molecular weight is 377 g/mol. The Labute approximate surface area is 158 Å². The van der Waals surface area contributed by atoms with Crippen molar-refractivity contribution in [2.75, 3.05) is 25.0 Å². The number of amides is 1. The zero-order chi connectivity index (χ0) is 19.4. The van der Waals surface area contributed by atoms with Crippen molar-refractivity contribution in [1.82, 2.24) is 10.3 Å². The van der Waals surface area contributed by atoms with Gasteiger partial charge < -0.3 is 20.9 Å². The predicted molar refractivity (Wildman–Crippen MR) is 106 cm³/mol. The van der Waals surface area contributed by atoms with E-state index in [1.807, 2.05) is 44.9 Å². The van der Waals surface area contributed by atoms with Gasteiger partial charge in [-0.3, -0.25) is 9.59 Å². The SMILES string of the molecule is Cc1cc(C)c(CNC(=O)c2cc(Cl)cc(N(C)CCN)c2C)c(=O)[nH]1. The van der Waals surface area contributed by atoms with Crippen molar-refractivity contribution >= 4 is 23.2 Å². The highest BCUT2D eigenvalue weighted by Crippen LogP contribution is 2.27. The van der Waals surface area contributed by atoms with E-state index < -0.39 is 0 Å². The molecular formula is C19H25ClN4O2. The highest BCUT2D eigenvalue weighted by atomic mass is 35.5. The molecule has 0 atom stereocenters. The first-order valence-electron chi connectivity index (χ1n) is 8.43. The third kappa shape index (κ3) is 4.45. The van der Waals surface area contributed by atoms with E-state index in [4.69, 9.17) is 17.3 Å². The fraction of sp³-hybridized carbons (Fsp3) is 0.368. The Morgan fingerprint density at radius 1 is 1.27 bits per heavy atom. The van der Waals surface area contributed by atoms with Gasteiger partial charge in [-0.1, -0.05) is 11.6 Å². The summed E-state index contributed by atoms with van der Waals surface area (Å²) in [6.45, 7) is 6.86. The fourth-order valence-corrected chi connectivity index (χ4v) is 3.19. The molecule has 0 bridgehead atoms. The molecule has 0 aliphatic rings. The van der Waals surface area contributed by atoms with E-state index in [1.165, 1.54) is 0 Å². The molecule has 2 aromatic rings. The van der Waals surface area contributed by atoms with Gasteiger partial charge in [0.2, 0.25) is 0 Å². The number of pyridine rings is 1. The molecular weight excluding hydrogens is 352 g/mol. The molecule has 1 aromatic carbocycles. The molecule has 7 heteroatoms. The van der Waals surface area contributed by atoms with Crippen molar-refractivity contribution in [2.45, 2.75) is 27.3 Å². The largest absolute Gasteiger partial charge is 0.373 e. The summed E-state index contributed by atoms with van der Waals surface area (Å²) in [6.07, 6.45) is 0. The number of hydrogen-bond donors (Lipinski definition) is 3. The van der Waals surface area contributed by atoms with Crippen LogP contribution in [0.1, 0.15) is 32.7 Å². The van der Waals surface area contributed by atoms with E-state index in [9.17, 15) is 9.59 Å². The van der Waals surface area contributed by atoms with Gasteiger partial charge in [0, 0.05) is 54.2 Å². The number of aryl methyl sites for hydroxylation is 2. The Hall–Kier alpha value is -2.31. The number of carbonyl (C=O) groups excluding carboxylic acids is 1. The van der Waals surface area contributed by atoms with Gasteiger partial charge in [-0.15, -0.1) is 0 Å². The number of nitrogens with one attached hydrogen (secondary N) is 2. The second-order valence-corrected chi connectivity index (χ2v) is 6.87. The third-order valence-corrected chi connectivity index (χ3v) is 4.60. The summed E-state index contributed by atoms with van der Waals surface area (Å²) >= 11 is 6.20. The van der Waals surface area contributed by atoms with Crippen LogP contribution in [0.5, 0.6) is 0 Å². The first-order valence-corrected chi connectivity index (χ1v) is 8.81. The number of nitrogens with zero attached hydrogens (tertiary/aromatic N) is 1. The third-order valence-electron chi connectivity index (χ3n) is 4.38. The molecule has 1 aromatic heterocycles. The smallest absolute Gasteiger partial charge is 0.253 e. The monoisotopic (exact) mass is 376 g/mol. The Kier molecular flexibility index (Phi) is 6.45. The molecule has 4 N–H and O–H groups in total. The molecule has 140 valence electrons. The Balaban J connectivity index is 2.26. The summed E-state index contributed by atoms with van der Waals surface area (Å²) in [5.74, 6) is -0.272. The predicted octanol–water partition coefficient (Wildman–Crippen LogP) is 2.28. The van der Waals surface area contributed by atoms with Crippen LogP contribution in [-0.4, -0.2) is 31.0 Å². The number of likely N-dealkylation sites (N-methyl/N-ethyl adjacent to an activating group) is 1. The zero-order valence-corrected chi connectivity index (χ0v) is 16.3. The highest BCUT2D eigenvalue weighted by Gasteiger charge is 2.16. The standard InChI is InChI=1S/C19H25ClN4O2/c1-11-7-12(2)23-19(26)16(11)10-22-18(25)15-8-14(20)9-17(13(15)3)24(4)6-5-21/h7-9H,5-6,10,21H2,1-4H3,(H,22,25)(H,23,26). The number of rotatable bonds is 6. The van der Waals surface area contributed by atoms with Crippen LogP contribution < -0.4 is 21.5 Å². The van der Waals surface area contributed by atoms with E-state index >= 15 is 0 Å². The first-order chi connectivity index (χ1) is 12.2. The van der Waals surface area contributed by atoms with Crippen LogP contribution in [0.3, 0.4) is 0 Å². The summed E-state index contributed by atoms with van der Waals surface area (Å²) in [5.41, 5.74) is 9.77. The minimum atomic E-state index is -0.272. The summed E-state index contributed by atoms with van der Waals surface area (Å²) < 4.78 is 0. The van der Waals surface area contributed by atoms with Crippen LogP contribution in [0.15, 0.2) is 23.0 Å². The summed E-state index contributed by atoms with van der Waals surface area (Å²) in [6, 6.07) is 5.34. The first kappa shape index (κ1) is 20.0. The van der Waals surface area contributed by atoms with Crippen LogP contribution in [0.25, 0.3) is 0 Å². The molecule has 0 saturated carbocycles. The summed E-state index contributed by atoms with van der Waals surface area (Å²) in [4.78, 5) is 29.5.